The topological polar surface area (TPSA) is 101 Å². The molecule has 0 bridgehead atoms. The summed E-state index contributed by atoms with van der Waals surface area (Å²) in [4.78, 5) is 44.0. The lowest BCUT2D eigenvalue weighted by Crippen LogP contribution is -2.50. The molecule has 1 aliphatic heterocycles. The third-order valence-electron chi connectivity index (χ3n) is 5.94. The zero-order valence-electron chi connectivity index (χ0n) is 19.3. The maximum absolute atomic E-state index is 12.8. The van der Waals surface area contributed by atoms with Crippen LogP contribution in [-0.4, -0.2) is 51.0 Å². The van der Waals surface area contributed by atoms with Crippen LogP contribution >= 0.6 is 0 Å². The molecule has 1 saturated carbocycles. The van der Waals surface area contributed by atoms with E-state index in [4.69, 9.17) is 4.74 Å². The summed E-state index contributed by atoms with van der Waals surface area (Å²) < 4.78 is 5.27. The van der Waals surface area contributed by atoms with E-state index in [1.165, 1.54) is 0 Å². The third kappa shape index (κ3) is 5.35. The third-order valence-corrected chi connectivity index (χ3v) is 5.94. The largest absolute Gasteiger partial charge is 0.444 e. The molecule has 1 saturated heterocycles. The molecule has 3 rings (SSSR count). The number of hydrogen-bond acceptors (Lipinski definition) is 5. The zero-order chi connectivity index (χ0) is 23.0. The molecule has 1 aliphatic carbocycles. The van der Waals surface area contributed by atoms with Crippen molar-refractivity contribution in [2.45, 2.75) is 96.5 Å². The number of likely N-dealkylation sites (tertiary alicyclic amines) is 1. The molecular formula is C23H34N4O4. The number of nitrogens with zero attached hydrogens (tertiary/aromatic N) is 2. The first-order valence-electron chi connectivity index (χ1n) is 11.0. The van der Waals surface area contributed by atoms with E-state index in [1.54, 1.807) is 39.1 Å². The second kappa shape index (κ2) is 8.48. The lowest BCUT2D eigenvalue weighted by molar-refractivity contribution is -0.124. The van der Waals surface area contributed by atoms with E-state index in [1.807, 2.05) is 11.8 Å². The molecule has 1 aromatic heterocycles. The molecule has 170 valence electrons. The molecule has 2 aliphatic rings. The Bertz CT molecular complexity index is 832. The fourth-order valence-corrected chi connectivity index (χ4v) is 3.97. The minimum atomic E-state index is -0.922. The first-order chi connectivity index (χ1) is 14.4. The van der Waals surface area contributed by atoms with Crippen LogP contribution in [0.4, 0.5) is 4.79 Å². The molecule has 2 heterocycles. The Morgan fingerprint density at radius 1 is 1.16 bits per heavy atom. The molecule has 8 heteroatoms. The van der Waals surface area contributed by atoms with Crippen LogP contribution in [0, 0.1) is 0 Å². The van der Waals surface area contributed by atoms with E-state index in [9.17, 15) is 14.4 Å². The first-order valence-corrected chi connectivity index (χ1v) is 11.0. The van der Waals surface area contributed by atoms with Gasteiger partial charge in [-0.25, -0.2) is 4.79 Å². The van der Waals surface area contributed by atoms with Gasteiger partial charge in [-0.3, -0.25) is 14.6 Å². The second-order valence-corrected chi connectivity index (χ2v) is 9.86. The number of carbonyl (C=O) groups excluding carboxylic acids is 3. The Hall–Kier alpha value is -2.64. The van der Waals surface area contributed by atoms with Gasteiger partial charge < -0.3 is 20.3 Å². The predicted octanol–water partition coefficient (Wildman–Crippen LogP) is 3.33. The molecule has 2 fully saturated rings. The van der Waals surface area contributed by atoms with Gasteiger partial charge in [-0.2, -0.15) is 0 Å². The highest BCUT2D eigenvalue weighted by Crippen LogP contribution is 2.36. The number of alkyl carbamates (subject to hydrolysis) is 1. The maximum Gasteiger partial charge on any atom is 0.408 e. The zero-order valence-corrected chi connectivity index (χ0v) is 19.3. The molecule has 2 N–H and O–H groups in total. The quantitative estimate of drug-likeness (QED) is 0.746. The van der Waals surface area contributed by atoms with Gasteiger partial charge in [0, 0.05) is 18.3 Å². The van der Waals surface area contributed by atoms with Crippen molar-refractivity contribution in [3.05, 3.63) is 29.6 Å². The first kappa shape index (κ1) is 23.0. The SMILES string of the molecule is CC(NC(=O)C1(NC(=O)OC(C)(C)C)CC1)c1ccc(C(=O)N2[C@H](C)CC[C@@H]2C)cn1. The van der Waals surface area contributed by atoms with Gasteiger partial charge in [0.1, 0.15) is 11.1 Å². The number of carbonyl (C=O) groups is 3. The lowest BCUT2D eigenvalue weighted by atomic mass is 10.1. The summed E-state index contributed by atoms with van der Waals surface area (Å²) in [7, 11) is 0. The van der Waals surface area contributed by atoms with Crippen molar-refractivity contribution in [3.63, 3.8) is 0 Å². The summed E-state index contributed by atoms with van der Waals surface area (Å²) in [5.41, 5.74) is -0.347. The van der Waals surface area contributed by atoms with Crippen LogP contribution < -0.4 is 10.6 Å². The molecule has 0 radical (unpaired) electrons. The Morgan fingerprint density at radius 2 is 1.77 bits per heavy atom. The van der Waals surface area contributed by atoms with Crippen LogP contribution in [0.1, 0.15) is 89.3 Å². The minimum absolute atomic E-state index is 0.00765. The van der Waals surface area contributed by atoms with Crippen LogP contribution in [-0.2, 0) is 9.53 Å². The van der Waals surface area contributed by atoms with Crippen LogP contribution in [0.5, 0.6) is 0 Å². The summed E-state index contributed by atoms with van der Waals surface area (Å²) in [6, 6.07) is 3.63. The molecule has 3 atom stereocenters. The summed E-state index contributed by atoms with van der Waals surface area (Å²) in [5, 5.41) is 5.62. The highest BCUT2D eigenvalue weighted by molar-refractivity contribution is 5.95. The number of amides is 3. The normalized spacial score (nSPS) is 23.1. The van der Waals surface area contributed by atoms with Crippen molar-refractivity contribution in [2.24, 2.45) is 0 Å². The average molecular weight is 431 g/mol. The van der Waals surface area contributed by atoms with Crippen LogP contribution in [0.2, 0.25) is 0 Å². The fourth-order valence-electron chi connectivity index (χ4n) is 3.97. The summed E-state index contributed by atoms with van der Waals surface area (Å²) in [5.74, 6) is -0.265. The number of hydrogen-bond donors (Lipinski definition) is 2. The van der Waals surface area contributed by atoms with Gasteiger partial charge in [0.15, 0.2) is 0 Å². The smallest absolute Gasteiger partial charge is 0.408 e. The number of rotatable bonds is 5. The van der Waals surface area contributed by atoms with Gasteiger partial charge in [-0.15, -0.1) is 0 Å². The monoisotopic (exact) mass is 430 g/mol. The van der Waals surface area contributed by atoms with Gasteiger partial charge in [-0.05, 0) is 79.4 Å². The van der Waals surface area contributed by atoms with Gasteiger partial charge in [0.05, 0.1) is 17.3 Å². The van der Waals surface area contributed by atoms with Crippen molar-refractivity contribution in [1.29, 1.82) is 0 Å². The van der Waals surface area contributed by atoms with Crippen LogP contribution in [0.3, 0.4) is 0 Å². The van der Waals surface area contributed by atoms with Crippen molar-refractivity contribution >= 4 is 17.9 Å². The van der Waals surface area contributed by atoms with Gasteiger partial charge in [0.2, 0.25) is 5.91 Å². The molecule has 0 aromatic carbocycles. The van der Waals surface area contributed by atoms with Gasteiger partial charge in [0.25, 0.3) is 5.91 Å². The number of aromatic nitrogens is 1. The molecular weight excluding hydrogens is 396 g/mol. The van der Waals surface area contributed by atoms with E-state index in [0.29, 0.717) is 24.1 Å². The number of nitrogens with one attached hydrogen (secondary N) is 2. The minimum Gasteiger partial charge on any atom is -0.444 e. The van der Waals surface area contributed by atoms with Gasteiger partial charge in [-0.1, -0.05) is 0 Å². The highest BCUT2D eigenvalue weighted by Gasteiger charge is 2.52. The molecule has 8 nitrogen and oxygen atoms in total. The summed E-state index contributed by atoms with van der Waals surface area (Å²) in [6.45, 7) is 11.3. The van der Waals surface area contributed by atoms with E-state index in [-0.39, 0.29) is 29.9 Å². The molecule has 3 amide bonds. The Balaban J connectivity index is 1.59. The Kier molecular flexibility index (Phi) is 6.30. The van der Waals surface area contributed by atoms with E-state index in [2.05, 4.69) is 29.5 Å². The highest BCUT2D eigenvalue weighted by atomic mass is 16.6. The van der Waals surface area contributed by atoms with Gasteiger partial charge >= 0.3 is 6.09 Å². The maximum atomic E-state index is 12.8. The predicted molar refractivity (Wildman–Crippen MR) is 116 cm³/mol. The lowest BCUT2D eigenvalue weighted by Gasteiger charge is -2.26. The standard InChI is InChI=1S/C23H34N4O4/c1-14-7-8-15(2)27(14)19(28)17-9-10-18(24-13-17)16(3)25-20(29)23(11-12-23)26-21(30)31-22(4,5)6/h9-10,13-16H,7-8,11-12H2,1-6H3,(H,25,29)(H,26,30)/t14-,15+,16?. The van der Waals surface area contributed by atoms with E-state index in [0.717, 1.165) is 12.8 Å². The number of pyridine rings is 1. The molecule has 1 unspecified atom stereocenters. The van der Waals surface area contributed by atoms with Crippen molar-refractivity contribution in [3.8, 4) is 0 Å². The van der Waals surface area contributed by atoms with E-state index >= 15 is 0 Å². The van der Waals surface area contributed by atoms with Crippen LogP contribution in [0.25, 0.3) is 0 Å². The summed E-state index contributed by atoms with van der Waals surface area (Å²) >= 11 is 0. The number of ether oxygens (including phenoxy) is 1. The van der Waals surface area contributed by atoms with E-state index < -0.39 is 17.2 Å². The fraction of sp³-hybridized carbons (Fsp3) is 0.652. The van der Waals surface area contributed by atoms with Crippen molar-refractivity contribution in [2.75, 3.05) is 0 Å². The average Bonchev–Trinajstić information content (AvgIpc) is 3.37. The molecule has 1 aromatic rings. The van der Waals surface area contributed by atoms with Crippen molar-refractivity contribution in [1.82, 2.24) is 20.5 Å². The molecule has 31 heavy (non-hydrogen) atoms. The van der Waals surface area contributed by atoms with Crippen molar-refractivity contribution < 1.29 is 19.1 Å². The van der Waals surface area contributed by atoms with Crippen LogP contribution in [0.15, 0.2) is 18.3 Å². The summed E-state index contributed by atoms with van der Waals surface area (Å²) in [6.07, 6.45) is 4.14. The Labute approximate surface area is 184 Å². The second-order valence-electron chi connectivity index (χ2n) is 9.86. The molecule has 0 spiro atoms. The Morgan fingerprint density at radius 3 is 2.26 bits per heavy atom.